The molecule has 0 bridgehead atoms. The summed E-state index contributed by atoms with van der Waals surface area (Å²) in [6, 6.07) is 7.07. The van der Waals surface area contributed by atoms with Crippen LogP contribution in [-0.2, 0) is 6.42 Å². The normalized spacial score (nSPS) is 10.3. The van der Waals surface area contributed by atoms with E-state index in [1.807, 2.05) is 6.92 Å². The van der Waals surface area contributed by atoms with E-state index in [4.69, 9.17) is 11.1 Å². The number of nitrogens with two attached hydrogens (primary N) is 1. The first kappa shape index (κ1) is 13.9. The minimum Gasteiger partial charge on any atom is -0.384 e. The molecule has 3 N–H and O–H groups in total. The Morgan fingerprint density at radius 1 is 1.35 bits per heavy atom. The highest BCUT2D eigenvalue weighted by Crippen LogP contribution is 2.27. The molecule has 2 aromatic rings. The molecule has 0 aliphatic carbocycles. The van der Waals surface area contributed by atoms with E-state index < -0.39 is 5.82 Å². The minimum absolute atomic E-state index is 0.0716. The molecular formula is C14H16FN5. The third kappa shape index (κ3) is 2.45. The van der Waals surface area contributed by atoms with Crippen LogP contribution < -0.4 is 10.6 Å². The number of amidine groups is 1. The maximum absolute atomic E-state index is 14.3. The fourth-order valence-electron chi connectivity index (χ4n) is 1.98. The summed E-state index contributed by atoms with van der Waals surface area (Å²) in [7, 11) is 1.69. The van der Waals surface area contributed by atoms with Gasteiger partial charge >= 0.3 is 0 Å². The Labute approximate surface area is 116 Å². The molecule has 20 heavy (non-hydrogen) atoms. The van der Waals surface area contributed by atoms with Crippen molar-refractivity contribution in [2.75, 3.05) is 11.9 Å². The van der Waals surface area contributed by atoms with E-state index in [0.29, 0.717) is 23.4 Å². The van der Waals surface area contributed by atoms with Gasteiger partial charge in [-0.05, 0) is 18.6 Å². The standard InChI is InChI=1S/C14H16FN5/c1-3-10-12(15)14(19-8-18-10)20(2)11-7-5-4-6-9(11)13(16)17/h4-8H,3H2,1-2H3,(H3,16,17). The van der Waals surface area contributed by atoms with E-state index in [1.165, 1.54) is 6.33 Å². The molecule has 0 aliphatic rings. The molecule has 0 saturated carbocycles. The van der Waals surface area contributed by atoms with Crippen LogP contribution in [0, 0.1) is 11.2 Å². The minimum atomic E-state index is -0.448. The highest BCUT2D eigenvalue weighted by atomic mass is 19.1. The van der Waals surface area contributed by atoms with Gasteiger partial charge in [0.15, 0.2) is 11.6 Å². The summed E-state index contributed by atoms with van der Waals surface area (Å²) in [4.78, 5) is 9.48. The average Bonchev–Trinajstić information content (AvgIpc) is 2.46. The average molecular weight is 273 g/mol. The Bertz CT molecular complexity index is 641. The van der Waals surface area contributed by atoms with Gasteiger partial charge in [-0.25, -0.2) is 14.4 Å². The molecule has 1 aromatic heterocycles. The van der Waals surface area contributed by atoms with Gasteiger partial charge in [0.05, 0.1) is 11.4 Å². The van der Waals surface area contributed by atoms with Crippen molar-refractivity contribution < 1.29 is 4.39 Å². The third-order valence-electron chi connectivity index (χ3n) is 3.05. The zero-order valence-corrected chi connectivity index (χ0v) is 11.4. The van der Waals surface area contributed by atoms with Crippen LogP contribution in [0.25, 0.3) is 0 Å². The van der Waals surface area contributed by atoms with E-state index in [1.54, 1.807) is 36.2 Å². The first-order valence-electron chi connectivity index (χ1n) is 6.22. The quantitative estimate of drug-likeness (QED) is 0.661. The van der Waals surface area contributed by atoms with Gasteiger partial charge in [0.2, 0.25) is 0 Å². The van der Waals surface area contributed by atoms with Gasteiger partial charge in [0.25, 0.3) is 0 Å². The number of aromatic nitrogens is 2. The first-order chi connectivity index (χ1) is 9.56. The van der Waals surface area contributed by atoms with Crippen molar-refractivity contribution in [1.29, 1.82) is 5.41 Å². The van der Waals surface area contributed by atoms with E-state index in [9.17, 15) is 4.39 Å². The number of halogens is 1. The molecule has 0 amide bonds. The second kappa shape index (κ2) is 5.64. The van der Waals surface area contributed by atoms with Crippen LogP contribution in [0.3, 0.4) is 0 Å². The van der Waals surface area contributed by atoms with Crippen molar-refractivity contribution in [1.82, 2.24) is 9.97 Å². The van der Waals surface area contributed by atoms with E-state index in [-0.39, 0.29) is 11.7 Å². The van der Waals surface area contributed by atoms with Crippen LogP contribution in [0.1, 0.15) is 18.2 Å². The Balaban J connectivity index is 2.52. The first-order valence-corrected chi connectivity index (χ1v) is 6.22. The summed E-state index contributed by atoms with van der Waals surface area (Å²) in [5.41, 5.74) is 7.08. The number of aryl methyl sites for hydroxylation is 1. The number of rotatable bonds is 4. The molecule has 0 saturated heterocycles. The van der Waals surface area contributed by atoms with E-state index in [2.05, 4.69) is 9.97 Å². The SMILES string of the molecule is CCc1ncnc(N(C)c2ccccc2C(=N)N)c1F. The maximum atomic E-state index is 14.3. The number of anilines is 2. The Kier molecular flexibility index (Phi) is 3.93. The predicted octanol–water partition coefficient (Wildman–Crippen LogP) is 2.23. The van der Waals surface area contributed by atoms with Crippen LogP contribution in [0.2, 0.25) is 0 Å². The van der Waals surface area contributed by atoms with Crippen molar-refractivity contribution in [2.45, 2.75) is 13.3 Å². The maximum Gasteiger partial charge on any atom is 0.187 e. The molecule has 1 heterocycles. The number of para-hydroxylation sites is 1. The zero-order valence-electron chi connectivity index (χ0n) is 11.4. The molecule has 0 unspecified atom stereocenters. The Morgan fingerprint density at radius 2 is 2.05 bits per heavy atom. The van der Waals surface area contributed by atoms with Gasteiger partial charge in [-0.2, -0.15) is 0 Å². The van der Waals surface area contributed by atoms with Crippen molar-refractivity contribution in [3.05, 3.63) is 47.7 Å². The summed E-state index contributed by atoms with van der Waals surface area (Å²) >= 11 is 0. The van der Waals surface area contributed by atoms with Gasteiger partial charge < -0.3 is 10.6 Å². The molecule has 0 fully saturated rings. The summed E-state index contributed by atoms with van der Waals surface area (Å²) < 4.78 is 14.3. The van der Waals surface area contributed by atoms with E-state index in [0.717, 1.165) is 0 Å². The van der Waals surface area contributed by atoms with Gasteiger partial charge in [0, 0.05) is 12.6 Å². The van der Waals surface area contributed by atoms with Crippen molar-refractivity contribution in [2.24, 2.45) is 5.73 Å². The highest BCUT2D eigenvalue weighted by Gasteiger charge is 2.17. The number of benzene rings is 1. The lowest BCUT2D eigenvalue weighted by atomic mass is 10.1. The fourth-order valence-corrected chi connectivity index (χ4v) is 1.98. The lowest BCUT2D eigenvalue weighted by molar-refractivity contribution is 0.593. The summed E-state index contributed by atoms with van der Waals surface area (Å²) in [5, 5.41) is 7.59. The fraction of sp³-hybridized carbons (Fsp3) is 0.214. The molecule has 1 aromatic carbocycles. The lowest BCUT2D eigenvalue weighted by Gasteiger charge is -2.21. The molecule has 0 atom stereocenters. The second-order valence-corrected chi connectivity index (χ2v) is 4.30. The molecule has 5 nitrogen and oxygen atoms in total. The van der Waals surface area contributed by atoms with Crippen LogP contribution >= 0.6 is 0 Å². The Hall–Kier alpha value is -2.50. The second-order valence-electron chi connectivity index (χ2n) is 4.30. The van der Waals surface area contributed by atoms with Crippen molar-refractivity contribution in [3.63, 3.8) is 0 Å². The van der Waals surface area contributed by atoms with Crippen LogP contribution in [0.4, 0.5) is 15.9 Å². The smallest absolute Gasteiger partial charge is 0.187 e. The number of nitrogens with one attached hydrogen (secondary N) is 1. The van der Waals surface area contributed by atoms with Crippen molar-refractivity contribution in [3.8, 4) is 0 Å². The molecule has 0 aliphatic heterocycles. The number of nitrogen functional groups attached to an aromatic ring is 1. The molecule has 2 rings (SSSR count). The zero-order chi connectivity index (χ0) is 14.7. The lowest BCUT2D eigenvalue weighted by Crippen LogP contribution is -2.20. The van der Waals surface area contributed by atoms with E-state index >= 15 is 0 Å². The van der Waals surface area contributed by atoms with Gasteiger partial charge in [-0.1, -0.05) is 19.1 Å². The molecule has 104 valence electrons. The largest absolute Gasteiger partial charge is 0.384 e. The summed E-state index contributed by atoms with van der Waals surface area (Å²) in [6.45, 7) is 1.83. The summed E-state index contributed by atoms with van der Waals surface area (Å²) in [5.74, 6) is -0.348. The molecule has 0 radical (unpaired) electrons. The highest BCUT2D eigenvalue weighted by molar-refractivity contribution is 6.01. The van der Waals surface area contributed by atoms with Crippen LogP contribution in [0.5, 0.6) is 0 Å². The van der Waals surface area contributed by atoms with Crippen LogP contribution in [0.15, 0.2) is 30.6 Å². The molecule has 6 heteroatoms. The van der Waals surface area contributed by atoms with Crippen molar-refractivity contribution >= 4 is 17.3 Å². The molecule has 0 spiro atoms. The predicted molar refractivity (Wildman–Crippen MR) is 76.9 cm³/mol. The third-order valence-corrected chi connectivity index (χ3v) is 3.05. The topological polar surface area (TPSA) is 78.9 Å². The Morgan fingerprint density at radius 3 is 2.70 bits per heavy atom. The monoisotopic (exact) mass is 273 g/mol. The number of hydrogen-bond acceptors (Lipinski definition) is 4. The van der Waals surface area contributed by atoms with Gasteiger partial charge in [-0.3, -0.25) is 5.41 Å². The summed E-state index contributed by atoms with van der Waals surface area (Å²) in [6.07, 6.45) is 1.83. The van der Waals surface area contributed by atoms with Gasteiger partial charge in [-0.15, -0.1) is 0 Å². The number of nitrogens with zero attached hydrogens (tertiary/aromatic N) is 3. The number of hydrogen-bond donors (Lipinski definition) is 2. The van der Waals surface area contributed by atoms with Gasteiger partial charge in [0.1, 0.15) is 12.2 Å². The van der Waals surface area contributed by atoms with Crippen LogP contribution in [-0.4, -0.2) is 22.9 Å². The molecular weight excluding hydrogens is 257 g/mol.